The van der Waals surface area contributed by atoms with Crippen molar-refractivity contribution >= 4 is 10.9 Å². The first-order chi connectivity index (χ1) is 11.7. The number of nitrogens with one attached hydrogen (secondary N) is 1. The highest BCUT2D eigenvalue weighted by Crippen LogP contribution is 2.45. The minimum absolute atomic E-state index is 0.267. The average molecular weight is 315 g/mol. The average Bonchev–Trinajstić information content (AvgIpc) is 3.09. The number of hydrogen-bond donors (Lipinski definition) is 1. The number of benzene rings is 1. The van der Waals surface area contributed by atoms with E-state index in [9.17, 15) is 5.26 Å². The quantitative estimate of drug-likeness (QED) is 0.807. The number of piperidine rings is 1. The van der Waals surface area contributed by atoms with Gasteiger partial charge in [0.1, 0.15) is 0 Å². The molecule has 24 heavy (non-hydrogen) atoms. The molecule has 1 aromatic heterocycles. The Balaban J connectivity index is 1.93. The van der Waals surface area contributed by atoms with E-state index in [4.69, 9.17) is 6.57 Å². The van der Waals surface area contributed by atoms with Crippen LogP contribution >= 0.6 is 0 Å². The summed E-state index contributed by atoms with van der Waals surface area (Å²) in [4.78, 5) is 6.01. The zero-order valence-electron chi connectivity index (χ0n) is 13.5. The van der Waals surface area contributed by atoms with E-state index in [0.717, 1.165) is 59.2 Å². The van der Waals surface area contributed by atoms with E-state index in [-0.39, 0.29) is 5.92 Å². The first-order valence-corrected chi connectivity index (χ1v) is 8.16. The fourth-order valence-corrected chi connectivity index (χ4v) is 3.87. The number of hydrogen-bond acceptors (Lipinski definition) is 3. The third kappa shape index (κ3) is 2.02. The third-order valence-electron chi connectivity index (χ3n) is 5.06. The van der Waals surface area contributed by atoms with Crippen LogP contribution in [0.5, 0.6) is 0 Å². The molecule has 0 bridgehead atoms. The van der Waals surface area contributed by atoms with E-state index in [1.54, 1.807) is 6.20 Å². The summed E-state index contributed by atoms with van der Waals surface area (Å²) in [6, 6.07) is 8.43. The second-order valence-electron chi connectivity index (χ2n) is 6.31. The van der Waals surface area contributed by atoms with Crippen LogP contribution in [-0.4, -0.2) is 21.6 Å². The fourth-order valence-electron chi connectivity index (χ4n) is 3.87. The number of aromatic amines is 1. The van der Waals surface area contributed by atoms with Crippen molar-refractivity contribution in [1.29, 1.82) is 5.26 Å². The summed E-state index contributed by atoms with van der Waals surface area (Å²) in [5.41, 5.74) is 5.45. The number of rotatable bonds is 1. The van der Waals surface area contributed by atoms with Gasteiger partial charge in [0, 0.05) is 23.3 Å². The highest BCUT2D eigenvalue weighted by molar-refractivity contribution is 5.79. The Morgan fingerprint density at radius 1 is 1.42 bits per heavy atom. The molecule has 0 amide bonds. The van der Waals surface area contributed by atoms with Gasteiger partial charge in [-0.15, -0.1) is 0 Å². The van der Waals surface area contributed by atoms with Crippen LogP contribution in [0.15, 0.2) is 47.1 Å². The van der Waals surface area contributed by atoms with Crippen LogP contribution in [0.2, 0.25) is 0 Å². The first-order valence-electron chi connectivity index (χ1n) is 8.16. The minimum atomic E-state index is -0.267. The van der Waals surface area contributed by atoms with E-state index < -0.39 is 0 Å². The van der Waals surface area contributed by atoms with Gasteiger partial charge < -0.3 is 4.90 Å². The van der Waals surface area contributed by atoms with Crippen molar-refractivity contribution in [1.82, 2.24) is 15.1 Å². The molecule has 5 heteroatoms. The predicted molar refractivity (Wildman–Crippen MR) is 91.3 cm³/mol. The highest BCUT2D eigenvalue weighted by atomic mass is 15.2. The number of aromatic nitrogens is 2. The molecule has 1 aromatic carbocycles. The molecule has 2 aliphatic heterocycles. The van der Waals surface area contributed by atoms with Crippen LogP contribution < -0.4 is 0 Å². The molecule has 1 fully saturated rings. The van der Waals surface area contributed by atoms with E-state index in [1.807, 2.05) is 25.1 Å². The molecule has 1 unspecified atom stereocenters. The van der Waals surface area contributed by atoms with Crippen molar-refractivity contribution in [3.05, 3.63) is 64.0 Å². The highest BCUT2D eigenvalue weighted by Gasteiger charge is 2.36. The first kappa shape index (κ1) is 14.5. The second kappa shape index (κ2) is 5.54. The van der Waals surface area contributed by atoms with Gasteiger partial charge in [-0.2, -0.15) is 10.4 Å². The van der Waals surface area contributed by atoms with Crippen LogP contribution in [-0.2, 0) is 0 Å². The standard InChI is InChI=1S/C19H17N5/c1-12-19(21-2)18(13-6-7-16-14(9-13)11-22-23-16)15(10-20)17-5-3-4-8-24(12)17/h6-7,9,11,18H,3-5,8H2,1H3,(H,22,23). The van der Waals surface area contributed by atoms with Gasteiger partial charge >= 0.3 is 0 Å². The summed E-state index contributed by atoms with van der Waals surface area (Å²) >= 11 is 0. The molecule has 2 aliphatic rings. The molecule has 2 aromatic rings. The molecule has 4 rings (SSSR count). The molecule has 1 saturated heterocycles. The molecule has 5 nitrogen and oxygen atoms in total. The number of nitriles is 1. The Hall–Kier alpha value is -3.05. The van der Waals surface area contributed by atoms with Crippen molar-refractivity contribution in [3.8, 4) is 6.07 Å². The summed E-state index contributed by atoms with van der Waals surface area (Å²) in [6.45, 7) is 10.6. The van der Waals surface area contributed by atoms with Gasteiger partial charge in [0.05, 0.1) is 35.8 Å². The summed E-state index contributed by atoms with van der Waals surface area (Å²) in [5, 5.41) is 17.9. The van der Waals surface area contributed by atoms with E-state index in [0.29, 0.717) is 5.70 Å². The lowest BCUT2D eigenvalue weighted by Crippen LogP contribution is -2.33. The smallest absolute Gasteiger partial charge is 0.196 e. The summed E-state index contributed by atoms with van der Waals surface area (Å²) < 4.78 is 0. The van der Waals surface area contributed by atoms with E-state index in [2.05, 4.69) is 26.0 Å². The zero-order chi connectivity index (χ0) is 16.7. The van der Waals surface area contributed by atoms with Gasteiger partial charge in [0.2, 0.25) is 0 Å². The van der Waals surface area contributed by atoms with Crippen LogP contribution in [0.1, 0.15) is 37.7 Å². The van der Waals surface area contributed by atoms with Crippen molar-refractivity contribution in [2.24, 2.45) is 0 Å². The van der Waals surface area contributed by atoms with Crippen LogP contribution in [0.4, 0.5) is 0 Å². The van der Waals surface area contributed by atoms with Gasteiger partial charge in [-0.25, -0.2) is 4.85 Å². The van der Waals surface area contributed by atoms with Crippen molar-refractivity contribution < 1.29 is 0 Å². The molecule has 1 atom stereocenters. The third-order valence-corrected chi connectivity index (χ3v) is 5.06. The monoisotopic (exact) mass is 315 g/mol. The Bertz CT molecular complexity index is 964. The SMILES string of the molecule is [C-]#[N+]C1=C(C)N2CCCCC2=C(C#N)C1c1ccc2[nH]ncc2c1. The van der Waals surface area contributed by atoms with Crippen LogP contribution in [0.25, 0.3) is 15.7 Å². The molecule has 0 aliphatic carbocycles. The van der Waals surface area contributed by atoms with Crippen LogP contribution in [0, 0.1) is 17.9 Å². The van der Waals surface area contributed by atoms with Crippen molar-refractivity contribution in [2.45, 2.75) is 32.1 Å². The van der Waals surface area contributed by atoms with E-state index >= 15 is 0 Å². The molecular formula is C19H17N5. The number of nitrogens with zero attached hydrogens (tertiary/aromatic N) is 4. The van der Waals surface area contributed by atoms with Gasteiger partial charge in [0.25, 0.3) is 0 Å². The molecular weight excluding hydrogens is 298 g/mol. The van der Waals surface area contributed by atoms with Crippen molar-refractivity contribution in [2.75, 3.05) is 6.54 Å². The van der Waals surface area contributed by atoms with Gasteiger partial charge in [0.15, 0.2) is 5.70 Å². The molecule has 1 N–H and O–H groups in total. The Morgan fingerprint density at radius 2 is 2.29 bits per heavy atom. The molecule has 0 radical (unpaired) electrons. The maximum Gasteiger partial charge on any atom is 0.196 e. The van der Waals surface area contributed by atoms with Gasteiger partial charge in [-0.05, 0) is 43.9 Å². The predicted octanol–water partition coefficient (Wildman–Crippen LogP) is 4.07. The van der Waals surface area contributed by atoms with Gasteiger partial charge in [-0.3, -0.25) is 5.10 Å². The molecule has 3 heterocycles. The largest absolute Gasteiger partial charge is 0.358 e. The minimum Gasteiger partial charge on any atom is -0.358 e. The van der Waals surface area contributed by atoms with Crippen molar-refractivity contribution in [3.63, 3.8) is 0 Å². The van der Waals surface area contributed by atoms with Gasteiger partial charge in [-0.1, -0.05) is 6.07 Å². The lowest BCUT2D eigenvalue weighted by atomic mass is 9.81. The topological polar surface area (TPSA) is 60.1 Å². The second-order valence-corrected chi connectivity index (χ2v) is 6.31. The Kier molecular flexibility index (Phi) is 3.36. The summed E-state index contributed by atoms with van der Waals surface area (Å²) in [7, 11) is 0. The number of allylic oxidation sites excluding steroid dienone is 3. The van der Waals surface area contributed by atoms with Crippen LogP contribution in [0.3, 0.4) is 0 Å². The lowest BCUT2D eigenvalue weighted by molar-refractivity contribution is 0.336. The maximum absolute atomic E-state index is 9.86. The maximum atomic E-state index is 9.86. The summed E-state index contributed by atoms with van der Waals surface area (Å²) in [6.07, 6.45) is 4.90. The Morgan fingerprint density at radius 3 is 3.08 bits per heavy atom. The molecule has 118 valence electrons. The van der Waals surface area contributed by atoms with E-state index in [1.165, 1.54) is 0 Å². The molecule has 0 spiro atoms. The molecule has 0 saturated carbocycles. The normalized spacial score (nSPS) is 20.8. The number of H-pyrrole nitrogens is 1. The zero-order valence-corrected chi connectivity index (χ0v) is 13.5. The number of fused-ring (bicyclic) bond motifs is 2. The fraction of sp³-hybridized carbons (Fsp3) is 0.316. The Labute approximate surface area is 140 Å². The lowest BCUT2D eigenvalue weighted by Gasteiger charge is -2.39. The summed E-state index contributed by atoms with van der Waals surface area (Å²) in [5.74, 6) is -0.267.